The lowest BCUT2D eigenvalue weighted by atomic mass is 9.94. The minimum absolute atomic E-state index is 0.00397. The molecule has 0 aliphatic carbocycles. The average Bonchev–Trinajstić information content (AvgIpc) is 2.86. The first-order valence-electron chi connectivity index (χ1n) is 7.26. The second-order valence-electron chi connectivity index (χ2n) is 6.32. The standard InChI is InChI=1S/C15H23N3OS/c1-10-9-20-14-17-11(2)13(18(10)14)8-16-12-5-6-19-15(3,4)7-12/h9,12,16H,5-8H2,1-4H3. The van der Waals surface area contributed by atoms with Crippen molar-refractivity contribution in [2.45, 2.75) is 58.7 Å². The van der Waals surface area contributed by atoms with Crippen LogP contribution in [0.15, 0.2) is 5.38 Å². The Morgan fingerprint density at radius 2 is 2.30 bits per heavy atom. The van der Waals surface area contributed by atoms with Crippen molar-refractivity contribution in [3.8, 4) is 0 Å². The van der Waals surface area contributed by atoms with E-state index in [1.807, 2.05) is 0 Å². The van der Waals surface area contributed by atoms with Crippen LogP contribution in [0.25, 0.3) is 4.96 Å². The summed E-state index contributed by atoms with van der Waals surface area (Å²) >= 11 is 1.71. The quantitative estimate of drug-likeness (QED) is 0.945. The fourth-order valence-electron chi connectivity index (χ4n) is 3.02. The number of ether oxygens (including phenoxy) is 1. The summed E-state index contributed by atoms with van der Waals surface area (Å²) in [6.45, 7) is 10.3. The molecule has 3 heterocycles. The molecule has 1 fully saturated rings. The van der Waals surface area contributed by atoms with Crippen molar-refractivity contribution in [2.24, 2.45) is 0 Å². The van der Waals surface area contributed by atoms with Gasteiger partial charge in [0, 0.05) is 30.3 Å². The van der Waals surface area contributed by atoms with E-state index in [1.165, 1.54) is 11.4 Å². The molecule has 1 saturated heterocycles. The first-order valence-corrected chi connectivity index (χ1v) is 8.13. The molecule has 0 aromatic carbocycles. The molecule has 4 nitrogen and oxygen atoms in total. The molecule has 3 rings (SSSR count). The van der Waals surface area contributed by atoms with Gasteiger partial charge in [-0.3, -0.25) is 4.40 Å². The molecule has 1 aliphatic rings. The highest BCUT2D eigenvalue weighted by Gasteiger charge is 2.28. The molecule has 20 heavy (non-hydrogen) atoms. The maximum absolute atomic E-state index is 5.78. The Morgan fingerprint density at radius 3 is 3.05 bits per heavy atom. The summed E-state index contributed by atoms with van der Waals surface area (Å²) in [5.74, 6) is 0. The fourth-order valence-corrected chi connectivity index (χ4v) is 3.95. The third kappa shape index (κ3) is 2.62. The van der Waals surface area contributed by atoms with E-state index in [1.54, 1.807) is 11.3 Å². The van der Waals surface area contributed by atoms with Crippen molar-refractivity contribution in [1.82, 2.24) is 14.7 Å². The molecule has 110 valence electrons. The molecular weight excluding hydrogens is 270 g/mol. The van der Waals surface area contributed by atoms with Gasteiger partial charge in [0.1, 0.15) is 0 Å². The van der Waals surface area contributed by atoms with E-state index in [9.17, 15) is 0 Å². The highest BCUT2D eigenvalue weighted by Crippen LogP contribution is 2.25. The lowest BCUT2D eigenvalue weighted by Crippen LogP contribution is -2.43. The van der Waals surface area contributed by atoms with Crippen LogP contribution in [0.4, 0.5) is 0 Å². The number of thiazole rings is 1. The molecule has 0 saturated carbocycles. The van der Waals surface area contributed by atoms with Gasteiger partial charge in [0.05, 0.1) is 17.0 Å². The summed E-state index contributed by atoms with van der Waals surface area (Å²) in [6, 6.07) is 0.530. The van der Waals surface area contributed by atoms with Crippen molar-refractivity contribution in [1.29, 1.82) is 0 Å². The van der Waals surface area contributed by atoms with E-state index >= 15 is 0 Å². The van der Waals surface area contributed by atoms with Gasteiger partial charge in [0.15, 0.2) is 4.96 Å². The maximum atomic E-state index is 5.78. The van der Waals surface area contributed by atoms with E-state index in [2.05, 4.69) is 47.8 Å². The van der Waals surface area contributed by atoms with Crippen LogP contribution in [-0.2, 0) is 11.3 Å². The molecule has 0 bridgehead atoms. The SMILES string of the molecule is Cc1nc2scc(C)n2c1CNC1CCOC(C)(C)C1. The maximum Gasteiger partial charge on any atom is 0.194 e. The minimum Gasteiger partial charge on any atom is -0.375 e. The van der Waals surface area contributed by atoms with Gasteiger partial charge in [0.2, 0.25) is 0 Å². The van der Waals surface area contributed by atoms with E-state index in [0.29, 0.717) is 6.04 Å². The molecule has 1 aliphatic heterocycles. The highest BCUT2D eigenvalue weighted by molar-refractivity contribution is 7.15. The van der Waals surface area contributed by atoms with Gasteiger partial charge in [-0.2, -0.15) is 0 Å². The molecule has 0 amide bonds. The summed E-state index contributed by atoms with van der Waals surface area (Å²) < 4.78 is 8.05. The number of fused-ring (bicyclic) bond motifs is 1. The Balaban J connectivity index is 1.74. The number of aryl methyl sites for hydroxylation is 2. The molecule has 1 atom stereocenters. The summed E-state index contributed by atoms with van der Waals surface area (Å²) in [7, 11) is 0. The predicted octanol–water partition coefficient (Wildman–Crippen LogP) is 3.06. The zero-order chi connectivity index (χ0) is 14.3. The van der Waals surface area contributed by atoms with E-state index in [4.69, 9.17) is 4.74 Å². The molecule has 0 spiro atoms. The Kier molecular flexibility index (Phi) is 3.60. The minimum atomic E-state index is -0.00397. The van der Waals surface area contributed by atoms with Gasteiger partial charge in [-0.15, -0.1) is 11.3 Å². The van der Waals surface area contributed by atoms with Crippen LogP contribution in [0, 0.1) is 13.8 Å². The normalized spacial score (nSPS) is 22.5. The van der Waals surface area contributed by atoms with Crippen LogP contribution in [0.1, 0.15) is 43.8 Å². The van der Waals surface area contributed by atoms with Crippen molar-refractivity contribution < 1.29 is 4.74 Å². The van der Waals surface area contributed by atoms with Gasteiger partial charge in [-0.05, 0) is 40.5 Å². The molecule has 1 N–H and O–H groups in total. The molecule has 2 aromatic heterocycles. The van der Waals surface area contributed by atoms with Crippen molar-refractivity contribution in [3.05, 3.63) is 22.5 Å². The summed E-state index contributed by atoms with van der Waals surface area (Å²) in [4.78, 5) is 5.74. The number of hydrogen-bond acceptors (Lipinski definition) is 4. The van der Waals surface area contributed by atoms with Gasteiger partial charge >= 0.3 is 0 Å². The van der Waals surface area contributed by atoms with Gasteiger partial charge in [-0.25, -0.2) is 4.98 Å². The Labute approximate surface area is 124 Å². The number of imidazole rings is 1. The smallest absolute Gasteiger partial charge is 0.194 e. The molecule has 5 heteroatoms. The van der Waals surface area contributed by atoms with Crippen molar-refractivity contribution >= 4 is 16.3 Å². The van der Waals surface area contributed by atoms with E-state index in [-0.39, 0.29) is 5.60 Å². The van der Waals surface area contributed by atoms with Crippen LogP contribution in [-0.4, -0.2) is 27.6 Å². The number of rotatable bonds is 3. The Hall–Kier alpha value is -0.910. The monoisotopic (exact) mass is 293 g/mol. The second kappa shape index (κ2) is 5.13. The predicted molar refractivity (Wildman–Crippen MR) is 82.4 cm³/mol. The zero-order valence-electron chi connectivity index (χ0n) is 12.7. The van der Waals surface area contributed by atoms with Crippen LogP contribution in [0.2, 0.25) is 0 Å². The largest absolute Gasteiger partial charge is 0.375 e. The number of aromatic nitrogens is 2. The third-order valence-corrected chi connectivity index (χ3v) is 5.03. The first-order chi connectivity index (χ1) is 9.46. The van der Waals surface area contributed by atoms with Crippen LogP contribution < -0.4 is 5.32 Å². The summed E-state index contributed by atoms with van der Waals surface area (Å²) in [5, 5.41) is 5.86. The van der Waals surface area contributed by atoms with E-state index < -0.39 is 0 Å². The number of nitrogens with zero attached hydrogens (tertiary/aromatic N) is 2. The Morgan fingerprint density at radius 1 is 1.50 bits per heavy atom. The molecule has 1 unspecified atom stereocenters. The number of hydrogen-bond donors (Lipinski definition) is 1. The average molecular weight is 293 g/mol. The van der Waals surface area contributed by atoms with Gasteiger partial charge < -0.3 is 10.1 Å². The second-order valence-corrected chi connectivity index (χ2v) is 7.15. The first kappa shape index (κ1) is 14.0. The molecule has 2 aromatic rings. The lowest BCUT2D eigenvalue weighted by Gasteiger charge is -2.36. The van der Waals surface area contributed by atoms with Crippen molar-refractivity contribution in [3.63, 3.8) is 0 Å². The molecular formula is C15H23N3OS. The van der Waals surface area contributed by atoms with Crippen LogP contribution in [0.3, 0.4) is 0 Å². The lowest BCUT2D eigenvalue weighted by molar-refractivity contribution is -0.0631. The van der Waals surface area contributed by atoms with Crippen molar-refractivity contribution in [2.75, 3.05) is 6.61 Å². The zero-order valence-corrected chi connectivity index (χ0v) is 13.5. The van der Waals surface area contributed by atoms with Crippen LogP contribution >= 0.6 is 11.3 Å². The van der Waals surface area contributed by atoms with Gasteiger partial charge in [0.25, 0.3) is 0 Å². The van der Waals surface area contributed by atoms with E-state index in [0.717, 1.165) is 36.6 Å². The van der Waals surface area contributed by atoms with Gasteiger partial charge in [-0.1, -0.05) is 0 Å². The molecule has 0 radical (unpaired) electrons. The van der Waals surface area contributed by atoms with Crippen LogP contribution in [0.5, 0.6) is 0 Å². The summed E-state index contributed by atoms with van der Waals surface area (Å²) in [6.07, 6.45) is 2.16. The fraction of sp³-hybridized carbons (Fsp3) is 0.667. The third-order valence-electron chi connectivity index (χ3n) is 4.09. The Bertz CT molecular complexity index is 614. The summed E-state index contributed by atoms with van der Waals surface area (Å²) in [5.41, 5.74) is 3.70. The topological polar surface area (TPSA) is 38.6 Å². The highest BCUT2D eigenvalue weighted by atomic mass is 32.1. The number of nitrogens with one attached hydrogen (secondary N) is 1.